The molecule has 1 N–H and O–H groups in total. The Morgan fingerprint density at radius 2 is 2.06 bits per heavy atom. The molecule has 0 aliphatic heterocycles. The summed E-state index contributed by atoms with van der Waals surface area (Å²) in [4.78, 5) is 0. The molecule has 0 aliphatic rings. The summed E-state index contributed by atoms with van der Waals surface area (Å²) in [5.74, 6) is 0.747. The Kier molecular flexibility index (Phi) is 5.91. The molecular weight excluding hydrogens is 274 g/mol. The van der Waals surface area contributed by atoms with Crippen LogP contribution in [-0.4, -0.2) is 20.8 Å². The van der Waals surface area contributed by atoms with Gasteiger partial charge in [0.05, 0.1) is 17.4 Å². The van der Waals surface area contributed by atoms with Gasteiger partial charge < -0.3 is 4.74 Å². The summed E-state index contributed by atoms with van der Waals surface area (Å²) in [6, 6.07) is 5.25. The topological polar surface area (TPSA) is 55.4 Å². The van der Waals surface area contributed by atoms with E-state index in [1.165, 1.54) is 0 Å². The van der Waals surface area contributed by atoms with E-state index in [-0.39, 0.29) is 12.3 Å². The van der Waals surface area contributed by atoms with Gasteiger partial charge in [0.15, 0.2) is 0 Å². The third-order valence-corrected chi connectivity index (χ3v) is 4.09. The van der Waals surface area contributed by atoms with Gasteiger partial charge >= 0.3 is 0 Å². The number of halogens is 1. The lowest BCUT2D eigenvalue weighted by Gasteiger charge is -2.09. The molecule has 1 aromatic rings. The van der Waals surface area contributed by atoms with Crippen LogP contribution in [0.4, 0.5) is 0 Å². The Bertz CT molecular complexity index is 488. The summed E-state index contributed by atoms with van der Waals surface area (Å²) < 4.78 is 30.8. The molecule has 1 rings (SSSR count). The Hall–Kier alpha value is -0.780. The fourth-order valence-corrected chi connectivity index (χ4v) is 2.79. The molecule has 1 aromatic carbocycles. The highest BCUT2D eigenvalue weighted by atomic mass is 35.5. The zero-order valence-corrected chi connectivity index (χ0v) is 12.1. The van der Waals surface area contributed by atoms with E-state index in [1.807, 2.05) is 13.8 Å². The SMILES string of the molecule is CCCS(=O)(=O)NCc1ccc(OCC)c(Cl)c1. The maximum Gasteiger partial charge on any atom is 0.211 e. The van der Waals surface area contributed by atoms with Crippen molar-refractivity contribution in [1.82, 2.24) is 4.72 Å². The Morgan fingerprint density at radius 3 is 2.61 bits per heavy atom. The minimum Gasteiger partial charge on any atom is -0.492 e. The lowest BCUT2D eigenvalue weighted by Crippen LogP contribution is -2.25. The average Bonchev–Trinajstić information content (AvgIpc) is 2.30. The van der Waals surface area contributed by atoms with Crippen molar-refractivity contribution in [2.24, 2.45) is 0 Å². The molecule has 4 nitrogen and oxygen atoms in total. The molecule has 18 heavy (non-hydrogen) atoms. The van der Waals surface area contributed by atoms with Crippen LogP contribution in [0.5, 0.6) is 5.75 Å². The maximum absolute atomic E-state index is 11.5. The fraction of sp³-hybridized carbons (Fsp3) is 0.500. The van der Waals surface area contributed by atoms with Gasteiger partial charge in [0.2, 0.25) is 10.0 Å². The molecule has 0 radical (unpaired) electrons. The first-order valence-corrected chi connectivity index (χ1v) is 7.90. The van der Waals surface area contributed by atoms with Crippen LogP contribution < -0.4 is 9.46 Å². The Morgan fingerprint density at radius 1 is 1.33 bits per heavy atom. The van der Waals surface area contributed by atoms with Crippen LogP contribution in [-0.2, 0) is 16.6 Å². The van der Waals surface area contributed by atoms with Gasteiger partial charge in [0.25, 0.3) is 0 Å². The lowest BCUT2D eigenvalue weighted by atomic mass is 10.2. The minimum atomic E-state index is -3.19. The van der Waals surface area contributed by atoms with Gasteiger partial charge in [-0.2, -0.15) is 0 Å². The van der Waals surface area contributed by atoms with Crippen LogP contribution in [0.3, 0.4) is 0 Å². The van der Waals surface area contributed by atoms with E-state index in [1.54, 1.807) is 18.2 Å². The van der Waals surface area contributed by atoms with Crippen molar-refractivity contribution in [2.75, 3.05) is 12.4 Å². The Labute approximate surface area is 113 Å². The number of hydrogen-bond acceptors (Lipinski definition) is 3. The predicted octanol–water partition coefficient (Wildman–Crippen LogP) is 2.57. The highest BCUT2D eigenvalue weighted by molar-refractivity contribution is 7.89. The molecule has 0 spiro atoms. The van der Waals surface area contributed by atoms with E-state index in [9.17, 15) is 8.42 Å². The van der Waals surface area contributed by atoms with Crippen molar-refractivity contribution in [3.8, 4) is 5.75 Å². The summed E-state index contributed by atoms with van der Waals surface area (Å²) in [6.45, 7) is 4.49. The van der Waals surface area contributed by atoms with E-state index in [0.29, 0.717) is 23.8 Å². The Balaban J connectivity index is 2.67. The van der Waals surface area contributed by atoms with Crippen LogP contribution in [0.1, 0.15) is 25.8 Å². The first kappa shape index (κ1) is 15.3. The molecular formula is C12H18ClNO3S. The van der Waals surface area contributed by atoms with Gasteiger partial charge in [-0.15, -0.1) is 0 Å². The van der Waals surface area contributed by atoms with E-state index in [2.05, 4.69) is 4.72 Å². The fourth-order valence-electron chi connectivity index (χ4n) is 1.46. The molecule has 6 heteroatoms. The summed E-state index contributed by atoms with van der Waals surface area (Å²) in [7, 11) is -3.19. The van der Waals surface area contributed by atoms with Crippen molar-refractivity contribution in [2.45, 2.75) is 26.8 Å². The summed E-state index contributed by atoms with van der Waals surface area (Å²) >= 11 is 6.02. The molecule has 0 heterocycles. The standard InChI is InChI=1S/C12H18ClNO3S/c1-3-7-18(15,16)14-9-10-5-6-12(17-4-2)11(13)8-10/h5-6,8,14H,3-4,7,9H2,1-2H3. The second-order valence-corrected chi connectivity index (χ2v) is 6.17. The number of rotatable bonds is 7. The third kappa shape index (κ3) is 4.84. The van der Waals surface area contributed by atoms with Crippen molar-refractivity contribution in [3.63, 3.8) is 0 Å². The van der Waals surface area contributed by atoms with Gasteiger partial charge in [-0.05, 0) is 31.0 Å². The van der Waals surface area contributed by atoms with Gasteiger partial charge in [-0.25, -0.2) is 13.1 Å². The predicted molar refractivity (Wildman–Crippen MR) is 73.5 cm³/mol. The molecule has 0 unspecified atom stereocenters. The molecule has 102 valence electrons. The summed E-state index contributed by atoms with van der Waals surface area (Å²) in [5.41, 5.74) is 0.808. The zero-order valence-electron chi connectivity index (χ0n) is 10.6. The molecule has 0 fully saturated rings. The molecule has 0 aliphatic carbocycles. The normalized spacial score (nSPS) is 11.5. The van der Waals surface area contributed by atoms with Gasteiger partial charge in [-0.3, -0.25) is 0 Å². The molecule has 0 aromatic heterocycles. The molecule has 0 atom stereocenters. The molecule has 0 bridgehead atoms. The number of benzene rings is 1. The van der Waals surface area contributed by atoms with Crippen molar-refractivity contribution >= 4 is 21.6 Å². The maximum atomic E-state index is 11.5. The number of sulfonamides is 1. The van der Waals surface area contributed by atoms with Gasteiger partial charge in [0, 0.05) is 6.54 Å². The van der Waals surface area contributed by atoms with Crippen LogP contribution in [0, 0.1) is 0 Å². The van der Waals surface area contributed by atoms with Crippen LogP contribution in [0.2, 0.25) is 5.02 Å². The van der Waals surface area contributed by atoms with E-state index in [4.69, 9.17) is 16.3 Å². The smallest absolute Gasteiger partial charge is 0.211 e. The van der Waals surface area contributed by atoms with Crippen molar-refractivity contribution in [1.29, 1.82) is 0 Å². The third-order valence-electron chi connectivity index (χ3n) is 2.27. The van der Waals surface area contributed by atoms with Gasteiger partial charge in [-0.1, -0.05) is 24.6 Å². The molecule has 0 saturated heterocycles. The monoisotopic (exact) mass is 291 g/mol. The molecule has 0 amide bonds. The first-order chi connectivity index (χ1) is 8.48. The van der Waals surface area contributed by atoms with E-state index >= 15 is 0 Å². The summed E-state index contributed by atoms with van der Waals surface area (Å²) in [6.07, 6.45) is 0.597. The lowest BCUT2D eigenvalue weighted by molar-refractivity contribution is 0.340. The van der Waals surface area contributed by atoms with E-state index in [0.717, 1.165) is 5.56 Å². The molecule has 0 saturated carbocycles. The second-order valence-electron chi connectivity index (χ2n) is 3.84. The van der Waals surface area contributed by atoms with Crippen LogP contribution >= 0.6 is 11.6 Å². The number of hydrogen-bond donors (Lipinski definition) is 1. The minimum absolute atomic E-state index is 0.137. The number of nitrogens with one attached hydrogen (secondary N) is 1. The summed E-state index contributed by atoms with van der Waals surface area (Å²) in [5, 5.41) is 0.490. The quantitative estimate of drug-likeness (QED) is 0.840. The highest BCUT2D eigenvalue weighted by Gasteiger charge is 2.09. The van der Waals surface area contributed by atoms with Gasteiger partial charge in [0.1, 0.15) is 5.75 Å². The first-order valence-electron chi connectivity index (χ1n) is 5.87. The number of ether oxygens (including phenoxy) is 1. The average molecular weight is 292 g/mol. The van der Waals surface area contributed by atoms with Crippen LogP contribution in [0.25, 0.3) is 0 Å². The second kappa shape index (κ2) is 6.97. The van der Waals surface area contributed by atoms with Crippen LogP contribution in [0.15, 0.2) is 18.2 Å². The van der Waals surface area contributed by atoms with E-state index < -0.39 is 10.0 Å². The zero-order chi connectivity index (χ0) is 13.6. The van der Waals surface area contributed by atoms with Crippen molar-refractivity contribution in [3.05, 3.63) is 28.8 Å². The highest BCUT2D eigenvalue weighted by Crippen LogP contribution is 2.25. The largest absolute Gasteiger partial charge is 0.492 e. The van der Waals surface area contributed by atoms with Crippen molar-refractivity contribution < 1.29 is 13.2 Å².